The Morgan fingerprint density at radius 3 is 2.67 bits per heavy atom. The van der Waals surface area contributed by atoms with Crippen LogP contribution in [0, 0.1) is 5.82 Å². The van der Waals surface area contributed by atoms with Gasteiger partial charge in [0.15, 0.2) is 0 Å². The molecule has 1 aromatic rings. The summed E-state index contributed by atoms with van der Waals surface area (Å²) in [4.78, 5) is 20.8. The van der Waals surface area contributed by atoms with Crippen molar-refractivity contribution in [1.82, 2.24) is 0 Å². The lowest BCUT2D eigenvalue weighted by Gasteiger charge is -1.97. The zero-order valence-electron chi connectivity index (χ0n) is 6.08. The minimum absolute atomic E-state index is 0.227. The number of nitrogens with two attached hydrogens (primary N) is 1. The summed E-state index contributed by atoms with van der Waals surface area (Å²) in [7, 11) is 0. The fourth-order valence-corrected chi connectivity index (χ4v) is 0.805. The predicted molar refractivity (Wildman–Crippen MR) is 40.3 cm³/mol. The summed E-state index contributed by atoms with van der Waals surface area (Å²) < 4.78 is 12.7. The second-order valence-electron chi connectivity index (χ2n) is 2.22. The summed E-state index contributed by atoms with van der Waals surface area (Å²) in [5, 5.41) is 0. The van der Waals surface area contributed by atoms with Crippen LogP contribution in [-0.2, 0) is 0 Å². The Hall–Kier alpha value is -1.71. The number of carbonyl (C=O) groups is 2. The Bertz CT molecular complexity index is 336. The van der Waals surface area contributed by atoms with Gasteiger partial charge in [-0.1, -0.05) is 0 Å². The van der Waals surface area contributed by atoms with E-state index < -0.39 is 11.7 Å². The highest BCUT2D eigenvalue weighted by atomic mass is 19.1. The molecule has 0 atom stereocenters. The van der Waals surface area contributed by atoms with Gasteiger partial charge in [0.25, 0.3) is 5.91 Å². The minimum Gasteiger partial charge on any atom is -0.366 e. The monoisotopic (exact) mass is 167 g/mol. The van der Waals surface area contributed by atoms with Crippen LogP contribution < -0.4 is 5.73 Å². The van der Waals surface area contributed by atoms with E-state index in [1.54, 1.807) is 0 Å². The molecule has 0 aliphatic heterocycles. The first-order chi connectivity index (χ1) is 5.65. The maximum Gasteiger partial charge on any atom is 0.251 e. The molecule has 0 heterocycles. The molecular weight excluding hydrogens is 161 g/mol. The van der Waals surface area contributed by atoms with Crippen molar-refractivity contribution in [3.63, 3.8) is 0 Å². The van der Waals surface area contributed by atoms with Crippen LogP contribution in [0.5, 0.6) is 0 Å². The molecule has 1 aromatic carbocycles. The van der Waals surface area contributed by atoms with E-state index >= 15 is 0 Å². The fourth-order valence-electron chi connectivity index (χ4n) is 0.805. The van der Waals surface area contributed by atoms with Gasteiger partial charge >= 0.3 is 0 Å². The van der Waals surface area contributed by atoms with Crippen LogP contribution in [0.3, 0.4) is 0 Å². The highest BCUT2D eigenvalue weighted by Gasteiger charge is 2.07. The average Bonchev–Trinajstić information content (AvgIpc) is 2.05. The van der Waals surface area contributed by atoms with Gasteiger partial charge < -0.3 is 5.73 Å². The molecular formula is C8H6FNO2. The number of primary amides is 1. The van der Waals surface area contributed by atoms with E-state index in [-0.39, 0.29) is 11.1 Å². The minimum atomic E-state index is -0.879. The van der Waals surface area contributed by atoms with Crippen molar-refractivity contribution in [2.24, 2.45) is 5.73 Å². The lowest BCUT2D eigenvalue weighted by atomic mass is 10.1. The Morgan fingerprint density at radius 2 is 2.17 bits per heavy atom. The molecule has 0 aliphatic rings. The van der Waals surface area contributed by atoms with Crippen molar-refractivity contribution in [3.05, 3.63) is 35.1 Å². The molecule has 4 heteroatoms. The molecule has 3 nitrogen and oxygen atoms in total. The third kappa shape index (κ3) is 1.47. The van der Waals surface area contributed by atoms with Crippen LogP contribution in [0.15, 0.2) is 18.2 Å². The van der Waals surface area contributed by atoms with Crippen molar-refractivity contribution in [1.29, 1.82) is 0 Å². The van der Waals surface area contributed by atoms with E-state index in [2.05, 4.69) is 0 Å². The maximum absolute atomic E-state index is 12.7. The van der Waals surface area contributed by atoms with E-state index in [4.69, 9.17) is 5.73 Å². The molecule has 0 unspecified atom stereocenters. The van der Waals surface area contributed by atoms with Gasteiger partial charge in [0.05, 0.1) is 5.56 Å². The van der Waals surface area contributed by atoms with Gasteiger partial charge in [-0.3, -0.25) is 9.59 Å². The normalized spacial score (nSPS) is 9.42. The third-order valence-corrected chi connectivity index (χ3v) is 1.39. The zero-order valence-corrected chi connectivity index (χ0v) is 6.08. The zero-order chi connectivity index (χ0) is 9.14. The number of aldehydes is 1. The molecule has 0 radical (unpaired) electrons. The van der Waals surface area contributed by atoms with Gasteiger partial charge in [0, 0.05) is 5.56 Å². The van der Waals surface area contributed by atoms with Crippen molar-refractivity contribution in [2.75, 3.05) is 0 Å². The van der Waals surface area contributed by atoms with Crippen LogP contribution >= 0.6 is 0 Å². The molecule has 0 spiro atoms. The number of carbonyl (C=O) groups excluding carboxylic acids is 2. The molecule has 0 saturated carbocycles. The Morgan fingerprint density at radius 1 is 1.50 bits per heavy atom. The molecule has 1 amide bonds. The summed E-state index contributed by atoms with van der Waals surface area (Å²) in [6.07, 6.45) is 0.520. The topological polar surface area (TPSA) is 60.2 Å². The first kappa shape index (κ1) is 8.39. The third-order valence-electron chi connectivity index (χ3n) is 1.39. The van der Waals surface area contributed by atoms with E-state index in [1.165, 1.54) is 6.07 Å². The van der Waals surface area contributed by atoms with Crippen LogP contribution in [0.25, 0.3) is 0 Å². The summed E-state index contributed by atoms with van der Waals surface area (Å²) in [6.45, 7) is 0. The average molecular weight is 167 g/mol. The van der Waals surface area contributed by atoms with Crippen LogP contribution in [0.4, 0.5) is 4.39 Å². The van der Waals surface area contributed by atoms with Crippen LogP contribution in [-0.4, -0.2) is 12.2 Å². The molecule has 62 valence electrons. The predicted octanol–water partition coefficient (Wildman–Crippen LogP) is 0.737. The number of halogens is 1. The van der Waals surface area contributed by atoms with Gasteiger partial charge in [-0.2, -0.15) is 0 Å². The van der Waals surface area contributed by atoms with E-state index in [1.807, 2.05) is 0 Å². The van der Waals surface area contributed by atoms with Gasteiger partial charge in [-0.25, -0.2) is 4.39 Å². The SMILES string of the molecule is NC(=O)c1cc(C=O)ccc1F. The standard InChI is InChI=1S/C8H6FNO2/c9-7-2-1-5(4-11)3-6(7)8(10)12/h1-4H,(H2,10,12). The van der Waals surface area contributed by atoms with Gasteiger partial charge in [-0.15, -0.1) is 0 Å². The van der Waals surface area contributed by atoms with Crippen molar-refractivity contribution in [2.45, 2.75) is 0 Å². The van der Waals surface area contributed by atoms with Gasteiger partial charge in [-0.05, 0) is 18.2 Å². The quantitative estimate of drug-likeness (QED) is 0.660. The molecule has 0 saturated heterocycles. The molecule has 0 aromatic heterocycles. The number of benzene rings is 1. The number of hydrogen-bond acceptors (Lipinski definition) is 2. The van der Waals surface area contributed by atoms with E-state index in [0.717, 1.165) is 12.1 Å². The largest absolute Gasteiger partial charge is 0.366 e. The first-order valence-electron chi connectivity index (χ1n) is 3.19. The number of rotatable bonds is 2. The van der Waals surface area contributed by atoms with Gasteiger partial charge in [0.1, 0.15) is 12.1 Å². The molecule has 1 rings (SSSR count). The lowest BCUT2D eigenvalue weighted by Crippen LogP contribution is -2.13. The molecule has 2 N–H and O–H groups in total. The van der Waals surface area contributed by atoms with Crippen molar-refractivity contribution >= 4 is 12.2 Å². The molecule has 0 aliphatic carbocycles. The first-order valence-corrected chi connectivity index (χ1v) is 3.19. The lowest BCUT2D eigenvalue weighted by molar-refractivity contribution is 0.0996. The summed E-state index contributed by atoms with van der Waals surface area (Å²) in [6, 6.07) is 3.42. The maximum atomic E-state index is 12.7. The highest BCUT2D eigenvalue weighted by Crippen LogP contribution is 2.08. The van der Waals surface area contributed by atoms with E-state index in [0.29, 0.717) is 6.29 Å². The number of amides is 1. The molecule has 0 bridgehead atoms. The van der Waals surface area contributed by atoms with Crippen LogP contribution in [0.1, 0.15) is 20.7 Å². The summed E-state index contributed by atoms with van der Waals surface area (Å²) >= 11 is 0. The highest BCUT2D eigenvalue weighted by molar-refractivity contribution is 5.94. The van der Waals surface area contributed by atoms with E-state index in [9.17, 15) is 14.0 Å². The van der Waals surface area contributed by atoms with Crippen molar-refractivity contribution < 1.29 is 14.0 Å². The van der Waals surface area contributed by atoms with Gasteiger partial charge in [0.2, 0.25) is 0 Å². The summed E-state index contributed by atoms with van der Waals surface area (Å²) in [5.41, 5.74) is 4.81. The number of hydrogen-bond donors (Lipinski definition) is 1. The molecule has 0 fully saturated rings. The summed E-state index contributed by atoms with van der Waals surface area (Å²) in [5.74, 6) is -1.59. The van der Waals surface area contributed by atoms with Crippen molar-refractivity contribution in [3.8, 4) is 0 Å². The Labute approximate surface area is 68.0 Å². The second kappa shape index (κ2) is 3.13. The fraction of sp³-hybridized carbons (Fsp3) is 0. The molecule has 12 heavy (non-hydrogen) atoms. The smallest absolute Gasteiger partial charge is 0.251 e. The van der Waals surface area contributed by atoms with Crippen LogP contribution in [0.2, 0.25) is 0 Å². The second-order valence-corrected chi connectivity index (χ2v) is 2.22. The Balaban J connectivity index is 3.25. The Kier molecular flexibility index (Phi) is 2.19.